The first-order valence-corrected chi connectivity index (χ1v) is 8.10. The summed E-state index contributed by atoms with van der Waals surface area (Å²) in [7, 11) is 7.60. The third-order valence-corrected chi connectivity index (χ3v) is 4.86. The molecule has 4 rings (SSSR count). The average Bonchev–Trinajstić information content (AvgIpc) is 3.13. The molecule has 0 bridgehead atoms. The molecule has 24 heavy (non-hydrogen) atoms. The van der Waals surface area contributed by atoms with E-state index < -0.39 is 0 Å². The van der Waals surface area contributed by atoms with Crippen LogP contribution in [0.3, 0.4) is 0 Å². The highest BCUT2D eigenvalue weighted by atomic mass is 16.5. The highest BCUT2D eigenvalue weighted by molar-refractivity contribution is 6.08. The fourth-order valence-electron chi connectivity index (χ4n) is 3.90. The van der Waals surface area contributed by atoms with Crippen molar-refractivity contribution >= 4 is 33.9 Å². The minimum absolute atomic E-state index is 0.280. The zero-order valence-electron chi connectivity index (χ0n) is 14.5. The molecule has 0 saturated heterocycles. The predicted octanol–water partition coefficient (Wildman–Crippen LogP) is 2.94. The third kappa shape index (κ3) is 1.84. The van der Waals surface area contributed by atoms with Gasteiger partial charge in [-0.25, -0.2) is 4.79 Å². The van der Waals surface area contributed by atoms with Crippen molar-refractivity contribution < 1.29 is 9.53 Å². The molecule has 124 valence electrons. The summed E-state index contributed by atoms with van der Waals surface area (Å²) < 4.78 is 7.32. The summed E-state index contributed by atoms with van der Waals surface area (Å²) in [6.45, 7) is 0.908. The normalized spacial score (nSPS) is 13.6. The molecular weight excluding hydrogens is 302 g/mol. The Labute approximate surface area is 141 Å². The van der Waals surface area contributed by atoms with Crippen LogP contribution in [-0.2, 0) is 11.2 Å². The van der Waals surface area contributed by atoms with Gasteiger partial charge in [-0.3, -0.25) is 4.40 Å². The van der Waals surface area contributed by atoms with Crippen LogP contribution in [0.25, 0.3) is 16.4 Å². The maximum atomic E-state index is 12.6. The standard InChI is InChI=1S/C19H21N3O2/c1-20(2)18-13-9-10-21(3)17(13)16(19(23)24-4)15-11-12-7-5-6-8-14(12)22(15)18/h5-8,11H,9-10H2,1-4H3. The molecule has 0 unspecified atom stereocenters. The first kappa shape index (κ1) is 14.9. The van der Waals surface area contributed by atoms with E-state index in [1.807, 2.05) is 19.2 Å². The maximum absolute atomic E-state index is 12.6. The van der Waals surface area contributed by atoms with Crippen LogP contribution in [0.5, 0.6) is 0 Å². The van der Waals surface area contributed by atoms with Crippen molar-refractivity contribution in [3.05, 3.63) is 41.5 Å². The van der Waals surface area contributed by atoms with E-state index in [1.54, 1.807) is 0 Å². The molecule has 5 nitrogen and oxygen atoms in total. The monoisotopic (exact) mass is 323 g/mol. The molecule has 3 aromatic rings. The fourth-order valence-corrected chi connectivity index (χ4v) is 3.90. The van der Waals surface area contributed by atoms with Gasteiger partial charge in [0, 0.05) is 38.6 Å². The van der Waals surface area contributed by atoms with Crippen LogP contribution >= 0.6 is 0 Å². The number of rotatable bonds is 2. The first-order chi connectivity index (χ1) is 11.5. The quantitative estimate of drug-likeness (QED) is 0.680. The lowest BCUT2D eigenvalue weighted by molar-refractivity contribution is 0.0603. The Morgan fingerprint density at radius 3 is 2.67 bits per heavy atom. The van der Waals surface area contributed by atoms with Gasteiger partial charge in [-0.05, 0) is 18.6 Å². The van der Waals surface area contributed by atoms with Gasteiger partial charge >= 0.3 is 5.97 Å². The number of hydrogen-bond acceptors (Lipinski definition) is 4. The number of nitrogens with zero attached hydrogens (tertiary/aromatic N) is 3. The SMILES string of the molecule is COC(=O)c1c2c(c(N(C)C)n3c1cc1ccccc13)CCN2C. The van der Waals surface area contributed by atoms with Crippen LogP contribution in [0, 0.1) is 0 Å². The van der Waals surface area contributed by atoms with Crippen LogP contribution < -0.4 is 9.80 Å². The van der Waals surface area contributed by atoms with Crippen molar-refractivity contribution in [1.29, 1.82) is 0 Å². The first-order valence-electron chi connectivity index (χ1n) is 8.10. The summed E-state index contributed by atoms with van der Waals surface area (Å²) in [6, 6.07) is 10.3. The molecule has 0 spiro atoms. The van der Waals surface area contributed by atoms with Crippen LogP contribution in [0.1, 0.15) is 15.9 Å². The molecule has 0 N–H and O–H groups in total. The van der Waals surface area contributed by atoms with Crippen LogP contribution in [0.4, 0.5) is 11.5 Å². The smallest absolute Gasteiger partial charge is 0.342 e. The van der Waals surface area contributed by atoms with E-state index in [4.69, 9.17) is 4.74 Å². The Bertz CT molecular complexity index is 972. The van der Waals surface area contributed by atoms with Crippen LogP contribution in [-0.4, -0.2) is 45.2 Å². The Hall–Kier alpha value is -2.69. The second-order valence-corrected chi connectivity index (χ2v) is 6.51. The number of pyridine rings is 1. The van der Waals surface area contributed by atoms with Crippen molar-refractivity contribution in [2.75, 3.05) is 44.6 Å². The minimum atomic E-state index is -0.280. The number of anilines is 2. The molecule has 1 aliphatic heterocycles. The van der Waals surface area contributed by atoms with Crippen molar-refractivity contribution in [2.24, 2.45) is 0 Å². The zero-order valence-corrected chi connectivity index (χ0v) is 14.5. The van der Waals surface area contributed by atoms with E-state index in [9.17, 15) is 4.79 Å². The molecule has 1 aliphatic rings. The fraction of sp³-hybridized carbons (Fsp3) is 0.316. The maximum Gasteiger partial charge on any atom is 0.342 e. The molecule has 2 aromatic heterocycles. The molecule has 0 saturated carbocycles. The minimum Gasteiger partial charge on any atom is -0.465 e. The van der Waals surface area contributed by atoms with E-state index in [-0.39, 0.29) is 5.97 Å². The van der Waals surface area contributed by atoms with Gasteiger partial charge in [-0.2, -0.15) is 0 Å². The van der Waals surface area contributed by atoms with E-state index >= 15 is 0 Å². The lowest BCUT2D eigenvalue weighted by Crippen LogP contribution is -2.20. The summed E-state index contributed by atoms with van der Waals surface area (Å²) in [5.41, 5.74) is 4.88. The summed E-state index contributed by atoms with van der Waals surface area (Å²) in [5, 5.41) is 1.12. The summed E-state index contributed by atoms with van der Waals surface area (Å²) in [5.74, 6) is 0.858. The lowest BCUT2D eigenvalue weighted by atomic mass is 10.1. The predicted molar refractivity (Wildman–Crippen MR) is 97.5 cm³/mol. The lowest BCUT2D eigenvalue weighted by Gasteiger charge is -2.24. The summed E-state index contributed by atoms with van der Waals surface area (Å²) in [4.78, 5) is 16.9. The second-order valence-electron chi connectivity index (χ2n) is 6.51. The number of para-hydroxylation sites is 1. The largest absolute Gasteiger partial charge is 0.465 e. The van der Waals surface area contributed by atoms with E-state index in [0.717, 1.165) is 40.9 Å². The molecular formula is C19H21N3O2. The number of benzene rings is 1. The summed E-state index contributed by atoms with van der Waals surface area (Å²) in [6.07, 6.45) is 0.922. The number of ether oxygens (including phenoxy) is 1. The molecule has 3 heterocycles. The van der Waals surface area contributed by atoms with Gasteiger partial charge in [0.15, 0.2) is 0 Å². The number of likely N-dealkylation sites (N-methyl/N-ethyl adjacent to an activating group) is 1. The van der Waals surface area contributed by atoms with E-state index in [2.05, 4.69) is 46.5 Å². The number of esters is 1. The molecule has 0 amide bonds. The molecule has 0 fully saturated rings. The Balaban J connectivity index is 2.27. The van der Waals surface area contributed by atoms with Gasteiger partial charge in [0.2, 0.25) is 0 Å². The molecule has 0 radical (unpaired) electrons. The van der Waals surface area contributed by atoms with Crippen molar-refractivity contribution in [2.45, 2.75) is 6.42 Å². The average molecular weight is 323 g/mol. The second kappa shape index (κ2) is 5.16. The molecule has 0 atom stereocenters. The number of aromatic nitrogens is 1. The summed E-state index contributed by atoms with van der Waals surface area (Å²) >= 11 is 0. The number of carbonyl (C=O) groups is 1. The highest BCUT2D eigenvalue weighted by Crippen LogP contribution is 2.42. The van der Waals surface area contributed by atoms with Gasteiger partial charge in [0.25, 0.3) is 0 Å². The van der Waals surface area contributed by atoms with Crippen molar-refractivity contribution in [3.63, 3.8) is 0 Å². The number of methoxy groups -OCH3 is 1. The van der Waals surface area contributed by atoms with Crippen LogP contribution in [0.15, 0.2) is 30.3 Å². The number of hydrogen-bond donors (Lipinski definition) is 0. The van der Waals surface area contributed by atoms with Gasteiger partial charge in [0.1, 0.15) is 11.4 Å². The van der Waals surface area contributed by atoms with E-state index in [1.165, 1.54) is 12.7 Å². The Kier molecular flexibility index (Phi) is 3.20. The Morgan fingerprint density at radius 1 is 1.21 bits per heavy atom. The topological polar surface area (TPSA) is 37.2 Å². The molecule has 5 heteroatoms. The third-order valence-electron chi connectivity index (χ3n) is 4.86. The molecule has 0 aliphatic carbocycles. The molecule has 1 aromatic carbocycles. The Morgan fingerprint density at radius 2 is 1.96 bits per heavy atom. The van der Waals surface area contributed by atoms with Crippen molar-refractivity contribution in [3.8, 4) is 0 Å². The van der Waals surface area contributed by atoms with Gasteiger partial charge in [-0.15, -0.1) is 0 Å². The zero-order chi connectivity index (χ0) is 17.0. The van der Waals surface area contributed by atoms with E-state index in [0.29, 0.717) is 5.56 Å². The van der Waals surface area contributed by atoms with Crippen LogP contribution in [0.2, 0.25) is 0 Å². The highest BCUT2D eigenvalue weighted by Gasteiger charge is 2.31. The number of carbonyl (C=O) groups excluding carboxylic acids is 1. The van der Waals surface area contributed by atoms with Gasteiger partial charge in [0.05, 0.1) is 23.8 Å². The number of fused-ring (bicyclic) bond motifs is 4. The van der Waals surface area contributed by atoms with Crippen molar-refractivity contribution in [1.82, 2.24) is 4.40 Å². The van der Waals surface area contributed by atoms with Gasteiger partial charge < -0.3 is 14.5 Å². The van der Waals surface area contributed by atoms with Gasteiger partial charge in [-0.1, -0.05) is 18.2 Å².